The van der Waals surface area contributed by atoms with Crippen LogP contribution in [0.2, 0.25) is 0 Å². The molecular formula is C44H73N3O17. The normalized spacial score (nSPS) is 15.6. The maximum Gasteiger partial charge on any atom is 0.264 e. The molecule has 0 bridgehead atoms. The van der Waals surface area contributed by atoms with Gasteiger partial charge in [-0.15, -0.1) is 0 Å². The molecule has 366 valence electrons. The van der Waals surface area contributed by atoms with Crippen LogP contribution >= 0.6 is 0 Å². The zero-order valence-electron chi connectivity index (χ0n) is 38.0. The average Bonchev–Trinajstić information content (AvgIpc) is 3.55. The van der Waals surface area contributed by atoms with Crippen LogP contribution in [-0.4, -0.2) is 213 Å². The Balaban J connectivity index is 0.955. The van der Waals surface area contributed by atoms with E-state index in [1.165, 1.54) is 0 Å². The summed E-state index contributed by atoms with van der Waals surface area (Å²) in [5.74, 6) is -1.59. The van der Waals surface area contributed by atoms with Crippen molar-refractivity contribution in [3.05, 3.63) is 29.3 Å². The number of ether oxygens (including phenoxy) is 13. The Hall–Kier alpha value is -3.22. The van der Waals surface area contributed by atoms with Crippen molar-refractivity contribution < 1.29 is 80.8 Å². The van der Waals surface area contributed by atoms with Gasteiger partial charge < -0.3 is 66.9 Å². The van der Waals surface area contributed by atoms with Crippen LogP contribution in [0.4, 0.5) is 5.69 Å². The second kappa shape index (κ2) is 36.9. The zero-order valence-corrected chi connectivity index (χ0v) is 38.0. The van der Waals surface area contributed by atoms with E-state index in [9.17, 15) is 19.2 Å². The molecule has 1 fully saturated rings. The number of piperidine rings is 1. The highest BCUT2D eigenvalue weighted by molar-refractivity contribution is 6.25. The van der Waals surface area contributed by atoms with Crippen molar-refractivity contribution in [3.63, 3.8) is 0 Å². The number of rotatable bonds is 44. The van der Waals surface area contributed by atoms with E-state index in [0.717, 1.165) is 17.9 Å². The minimum Gasteiger partial charge on any atom is -0.382 e. The average molecular weight is 916 g/mol. The van der Waals surface area contributed by atoms with E-state index < -0.39 is 29.7 Å². The molecule has 0 saturated carbocycles. The van der Waals surface area contributed by atoms with Gasteiger partial charge in [0.2, 0.25) is 11.8 Å². The molecule has 0 aliphatic carbocycles. The second-order valence-electron chi connectivity index (χ2n) is 14.5. The van der Waals surface area contributed by atoms with E-state index in [2.05, 4.69) is 24.5 Å². The lowest BCUT2D eigenvalue weighted by atomic mass is 10.0. The molecule has 2 unspecified atom stereocenters. The second-order valence-corrected chi connectivity index (χ2v) is 14.5. The van der Waals surface area contributed by atoms with Crippen LogP contribution in [0.1, 0.15) is 53.8 Å². The summed E-state index contributed by atoms with van der Waals surface area (Å²) < 4.78 is 71.7. The molecule has 2 aliphatic rings. The molecule has 2 heterocycles. The molecule has 1 aromatic carbocycles. The lowest BCUT2D eigenvalue weighted by Gasteiger charge is -2.27. The predicted molar refractivity (Wildman–Crippen MR) is 232 cm³/mol. The van der Waals surface area contributed by atoms with Gasteiger partial charge in [0.1, 0.15) is 6.04 Å². The Bertz CT molecular complexity index is 1410. The first kappa shape index (κ1) is 55.1. The summed E-state index contributed by atoms with van der Waals surface area (Å²) >= 11 is 0. The lowest BCUT2D eigenvalue weighted by molar-refractivity contribution is -0.136. The number of anilines is 1. The Kier molecular flexibility index (Phi) is 31.8. The number of hydrogen-bond acceptors (Lipinski definition) is 18. The predicted octanol–water partition coefficient (Wildman–Crippen LogP) is 1.76. The van der Waals surface area contributed by atoms with Crippen LogP contribution in [-0.2, 0) is 71.2 Å². The minimum atomic E-state index is -1.01. The van der Waals surface area contributed by atoms with Gasteiger partial charge in [0.05, 0.1) is 176 Å². The van der Waals surface area contributed by atoms with Crippen molar-refractivity contribution in [1.29, 1.82) is 0 Å². The summed E-state index contributed by atoms with van der Waals surface area (Å²) in [5.41, 5.74) is 0.903. The molecule has 2 N–H and O–H groups in total. The molecule has 3 rings (SSSR count). The summed E-state index contributed by atoms with van der Waals surface area (Å²) in [6.45, 7) is 17.4. The number of carbonyl (C=O) groups excluding carboxylic acids is 4. The summed E-state index contributed by atoms with van der Waals surface area (Å²) in [6, 6.07) is 3.90. The van der Waals surface area contributed by atoms with Gasteiger partial charge in [0.25, 0.3) is 11.8 Å². The lowest BCUT2D eigenvalue weighted by Crippen LogP contribution is -2.54. The van der Waals surface area contributed by atoms with Crippen molar-refractivity contribution in [2.75, 3.05) is 184 Å². The van der Waals surface area contributed by atoms with E-state index in [-0.39, 0.29) is 24.0 Å². The maximum atomic E-state index is 13.2. The number of imide groups is 2. The third kappa shape index (κ3) is 24.3. The van der Waals surface area contributed by atoms with Crippen molar-refractivity contribution in [2.24, 2.45) is 5.92 Å². The summed E-state index contributed by atoms with van der Waals surface area (Å²) in [6.07, 6.45) is 1.29. The quantitative estimate of drug-likeness (QED) is 0.0705. The number of fused-ring (bicyclic) bond motifs is 1. The summed E-state index contributed by atoms with van der Waals surface area (Å²) in [4.78, 5) is 50.9. The summed E-state index contributed by atoms with van der Waals surface area (Å²) in [7, 11) is 0. The van der Waals surface area contributed by atoms with Gasteiger partial charge in [0.15, 0.2) is 0 Å². The third-order valence-corrected chi connectivity index (χ3v) is 9.59. The smallest absolute Gasteiger partial charge is 0.264 e. The van der Waals surface area contributed by atoms with Crippen LogP contribution in [0.15, 0.2) is 18.2 Å². The topological polar surface area (TPSA) is 216 Å². The molecule has 1 aromatic rings. The highest BCUT2D eigenvalue weighted by Gasteiger charge is 2.45. The SMILES string of the molecule is CCC(C)COCCOCCOCCOCCOCCOCCOCCOCCOCCOCCOCCOCCOCCNc1cccc2c1C(=O)N(C1CCC(=O)NC1=O)C2=O. The maximum absolute atomic E-state index is 13.2. The number of hydrogen-bond donors (Lipinski definition) is 2. The van der Waals surface area contributed by atoms with Gasteiger partial charge >= 0.3 is 0 Å². The van der Waals surface area contributed by atoms with Gasteiger partial charge in [0, 0.05) is 25.3 Å². The van der Waals surface area contributed by atoms with Gasteiger partial charge in [-0.1, -0.05) is 26.3 Å². The zero-order chi connectivity index (χ0) is 45.7. The van der Waals surface area contributed by atoms with Crippen LogP contribution in [0.3, 0.4) is 0 Å². The Morgan fingerprint density at radius 2 is 0.922 bits per heavy atom. The molecule has 0 radical (unpaired) electrons. The highest BCUT2D eigenvalue weighted by atomic mass is 16.6. The molecule has 20 heteroatoms. The van der Waals surface area contributed by atoms with Crippen LogP contribution < -0.4 is 10.6 Å². The van der Waals surface area contributed by atoms with Crippen molar-refractivity contribution in [3.8, 4) is 0 Å². The van der Waals surface area contributed by atoms with E-state index in [1.807, 2.05) is 0 Å². The Morgan fingerprint density at radius 1 is 0.547 bits per heavy atom. The van der Waals surface area contributed by atoms with Gasteiger partial charge in [-0.3, -0.25) is 29.4 Å². The largest absolute Gasteiger partial charge is 0.382 e. The first-order valence-corrected chi connectivity index (χ1v) is 22.5. The van der Waals surface area contributed by atoms with Crippen LogP contribution in [0, 0.1) is 5.92 Å². The van der Waals surface area contributed by atoms with Gasteiger partial charge in [-0.25, -0.2) is 0 Å². The van der Waals surface area contributed by atoms with E-state index >= 15 is 0 Å². The standard InChI is InChI=1S/C44H73N3O17/c1-3-36(2)35-64-34-33-63-32-31-62-30-29-61-28-27-60-26-25-59-24-23-58-22-21-57-20-19-56-18-17-55-16-15-54-14-13-53-12-11-52-10-9-45-38-6-4-5-37-41(38)44(51)47(43(37)50)39-7-8-40(48)46-42(39)49/h4-6,36,39,45H,3,7-35H2,1-2H3,(H,46,48,49). The summed E-state index contributed by atoms with van der Waals surface area (Å²) in [5, 5.41) is 5.34. The molecular weight excluding hydrogens is 842 g/mol. The first-order valence-electron chi connectivity index (χ1n) is 22.5. The van der Waals surface area contributed by atoms with Gasteiger partial charge in [-0.2, -0.15) is 0 Å². The fourth-order valence-electron chi connectivity index (χ4n) is 5.96. The molecule has 2 atom stereocenters. The molecule has 20 nitrogen and oxygen atoms in total. The fraction of sp³-hybridized carbons (Fsp3) is 0.773. The van der Waals surface area contributed by atoms with Crippen molar-refractivity contribution >= 4 is 29.3 Å². The van der Waals surface area contributed by atoms with Crippen LogP contribution in [0.25, 0.3) is 0 Å². The number of benzene rings is 1. The number of carbonyl (C=O) groups is 4. The van der Waals surface area contributed by atoms with Crippen molar-refractivity contribution in [2.45, 2.75) is 39.2 Å². The molecule has 0 aromatic heterocycles. The molecule has 0 spiro atoms. The Labute approximate surface area is 377 Å². The number of nitrogens with one attached hydrogen (secondary N) is 2. The minimum absolute atomic E-state index is 0.0638. The molecule has 1 saturated heterocycles. The highest BCUT2D eigenvalue weighted by Crippen LogP contribution is 2.32. The van der Waals surface area contributed by atoms with Crippen molar-refractivity contribution in [1.82, 2.24) is 10.2 Å². The number of nitrogens with zero attached hydrogens (tertiary/aromatic N) is 1. The molecule has 2 aliphatic heterocycles. The first-order chi connectivity index (χ1) is 31.4. The number of amides is 4. The van der Waals surface area contributed by atoms with E-state index in [4.69, 9.17) is 61.6 Å². The molecule has 64 heavy (non-hydrogen) atoms. The molecule has 4 amide bonds. The fourth-order valence-corrected chi connectivity index (χ4v) is 5.96. The van der Waals surface area contributed by atoms with Crippen LogP contribution in [0.5, 0.6) is 0 Å². The van der Waals surface area contributed by atoms with E-state index in [0.29, 0.717) is 183 Å². The van der Waals surface area contributed by atoms with Gasteiger partial charge in [-0.05, 0) is 24.5 Å². The Morgan fingerprint density at radius 3 is 1.30 bits per heavy atom. The third-order valence-electron chi connectivity index (χ3n) is 9.59. The monoisotopic (exact) mass is 915 g/mol. The van der Waals surface area contributed by atoms with E-state index in [1.54, 1.807) is 18.2 Å².